The molecule has 0 saturated heterocycles. The van der Waals surface area contributed by atoms with E-state index >= 15 is 0 Å². The number of nitrogens with one attached hydrogen (secondary N) is 3. The van der Waals surface area contributed by atoms with Crippen LogP contribution in [0.5, 0.6) is 0 Å². The number of primary amides is 1. The van der Waals surface area contributed by atoms with Crippen molar-refractivity contribution >= 4 is 29.6 Å². The number of aliphatic hydroxyl groups excluding tert-OH is 2. The number of nitrogens with two attached hydrogens (primary N) is 2. The van der Waals surface area contributed by atoms with Crippen LogP contribution in [0.1, 0.15) is 26.7 Å². The quantitative estimate of drug-likeness (QED) is 0.156. The Bertz CT molecular complexity index is 597. The zero-order chi connectivity index (χ0) is 22.0. The van der Waals surface area contributed by atoms with Crippen LogP contribution in [0.4, 0.5) is 0 Å². The van der Waals surface area contributed by atoms with Crippen molar-refractivity contribution in [2.45, 2.75) is 57.0 Å². The van der Waals surface area contributed by atoms with E-state index in [0.29, 0.717) is 0 Å². The van der Waals surface area contributed by atoms with E-state index < -0.39 is 66.5 Å². The van der Waals surface area contributed by atoms with Crippen molar-refractivity contribution < 1.29 is 39.3 Å². The van der Waals surface area contributed by atoms with Crippen molar-refractivity contribution in [1.29, 1.82) is 0 Å². The lowest BCUT2D eigenvalue weighted by Crippen LogP contribution is -2.57. The smallest absolute Gasteiger partial charge is 0.328 e. The first-order valence-electron chi connectivity index (χ1n) is 8.37. The minimum atomic E-state index is -1.55. The number of carbonyl (C=O) groups is 5. The van der Waals surface area contributed by atoms with Gasteiger partial charge in [0.25, 0.3) is 0 Å². The van der Waals surface area contributed by atoms with E-state index in [-0.39, 0.29) is 12.8 Å². The van der Waals surface area contributed by atoms with Crippen LogP contribution < -0.4 is 27.4 Å². The molecule has 0 radical (unpaired) electrons. The summed E-state index contributed by atoms with van der Waals surface area (Å²) >= 11 is 0. The van der Waals surface area contributed by atoms with Crippen LogP contribution in [0.2, 0.25) is 0 Å². The molecule has 0 aromatic rings. The van der Waals surface area contributed by atoms with E-state index in [2.05, 4.69) is 10.6 Å². The zero-order valence-electron chi connectivity index (χ0n) is 15.5. The zero-order valence-corrected chi connectivity index (χ0v) is 15.5. The van der Waals surface area contributed by atoms with Crippen molar-refractivity contribution in [3.63, 3.8) is 0 Å². The number of amides is 4. The molecule has 10 N–H and O–H groups in total. The van der Waals surface area contributed by atoms with Crippen LogP contribution in [-0.4, -0.2) is 81.8 Å². The Labute approximate surface area is 160 Å². The maximum Gasteiger partial charge on any atom is 0.328 e. The Morgan fingerprint density at radius 1 is 0.929 bits per heavy atom. The number of hydrogen-bond donors (Lipinski definition) is 8. The molecule has 5 unspecified atom stereocenters. The highest BCUT2D eigenvalue weighted by Crippen LogP contribution is 2.01. The fourth-order valence-electron chi connectivity index (χ4n) is 1.90. The number of carboxylic acid groups (broad SMARTS) is 1. The fourth-order valence-corrected chi connectivity index (χ4v) is 1.90. The van der Waals surface area contributed by atoms with E-state index in [4.69, 9.17) is 21.7 Å². The largest absolute Gasteiger partial charge is 0.480 e. The second-order valence-corrected chi connectivity index (χ2v) is 6.14. The highest BCUT2D eigenvalue weighted by atomic mass is 16.4. The van der Waals surface area contributed by atoms with Gasteiger partial charge in [-0.3, -0.25) is 19.2 Å². The lowest BCUT2D eigenvalue weighted by atomic mass is 10.1. The molecule has 0 heterocycles. The van der Waals surface area contributed by atoms with Crippen molar-refractivity contribution in [2.24, 2.45) is 11.5 Å². The third kappa shape index (κ3) is 8.75. The van der Waals surface area contributed by atoms with Crippen molar-refractivity contribution in [3.8, 4) is 0 Å². The summed E-state index contributed by atoms with van der Waals surface area (Å²) in [5.74, 6) is -4.80. The number of hydrogen-bond acceptors (Lipinski definition) is 8. The first kappa shape index (κ1) is 25.2. The van der Waals surface area contributed by atoms with E-state index in [0.717, 1.165) is 0 Å². The van der Waals surface area contributed by atoms with Gasteiger partial charge in [0.15, 0.2) is 0 Å². The summed E-state index contributed by atoms with van der Waals surface area (Å²) in [6.07, 6.45) is -1.65. The van der Waals surface area contributed by atoms with Gasteiger partial charge in [0.1, 0.15) is 24.2 Å². The summed E-state index contributed by atoms with van der Waals surface area (Å²) in [6, 6.07) is -5.39. The average molecular weight is 405 g/mol. The SMILES string of the molecule is CC(NC(=O)C(CCC(N)=O)NC(=O)C(N)C(C)O)C(=O)NC(CO)C(=O)O. The number of aliphatic hydroxyl groups is 2. The third-order valence-electron chi connectivity index (χ3n) is 3.68. The van der Waals surface area contributed by atoms with Crippen LogP contribution in [0.3, 0.4) is 0 Å². The molecule has 13 heteroatoms. The normalized spacial score (nSPS) is 16.0. The molecule has 0 aliphatic heterocycles. The first-order chi connectivity index (χ1) is 12.9. The predicted octanol–water partition coefficient (Wildman–Crippen LogP) is -4.49. The molecule has 0 fully saturated rings. The Morgan fingerprint density at radius 2 is 1.46 bits per heavy atom. The monoisotopic (exact) mass is 405 g/mol. The van der Waals surface area contributed by atoms with E-state index in [9.17, 15) is 29.1 Å². The van der Waals surface area contributed by atoms with Gasteiger partial charge in [-0.15, -0.1) is 0 Å². The molecule has 0 aromatic carbocycles. The summed E-state index contributed by atoms with van der Waals surface area (Å²) in [6.45, 7) is 1.67. The Hall–Kier alpha value is -2.77. The molecular formula is C15H27N5O8. The maximum absolute atomic E-state index is 12.4. The standard InChI is InChI=1S/C15H27N5O8/c1-6(12(24)20-9(5-21)15(27)28)18-13(25)8(3-4-10(16)23)19-14(26)11(17)7(2)22/h6-9,11,21-22H,3-5,17H2,1-2H3,(H2,16,23)(H,18,25)(H,19,26)(H,20,24)(H,27,28). The van der Waals surface area contributed by atoms with Gasteiger partial charge in [0.05, 0.1) is 12.7 Å². The van der Waals surface area contributed by atoms with Crippen LogP contribution in [0.15, 0.2) is 0 Å². The third-order valence-corrected chi connectivity index (χ3v) is 3.68. The molecule has 0 aliphatic carbocycles. The van der Waals surface area contributed by atoms with Crippen LogP contribution in [0, 0.1) is 0 Å². The molecule has 0 spiro atoms. The van der Waals surface area contributed by atoms with E-state index in [1.54, 1.807) is 0 Å². The molecule has 5 atom stereocenters. The average Bonchev–Trinajstić information content (AvgIpc) is 2.60. The number of rotatable bonds is 12. The molecule has 0 saturated carbocycles. The van der Waals surface area contributed by atoms with Crippen molar-refractivity contribution in [3.05, 3.63) is 0 Å². The van der Waals surface area contributed by atoms with Crippen molar-refractivity contribution in [1.82, 2.24) is 16.0 Å². The van der Waals surface area contributed by atoms with Gasteiger partial charge in [-0.1, -0.05) is 0 Å². The number of aliphatic carboxylic acids is 1. The lowest BCUT2D eigenvalue weighted by Gasteiger charge is -2.23. The number of carboxylic acids is 1. The Balaban J connectivity index is 5.06. The van der Waals surface area contributed by atoms with Gasteiger partial charge in [0.2, 0.25) is 23.6 Å². The second kappa shape index (κ2) is 11.8. The molecular weight excluding hydrogens is 378 g/mol. The summed E-state index contributed by atoms with van der Waals surface area (Å²) in [5, 5.41) is 33.6. The molecule has 13 nitrogen and oxygen atoms in total. The first-order valence-corrected chi connectivity index (χ1v) is 8.37. The highest BCUT2D eigenvalue weighted by Gasteiger charge is 2.29. The van der Waals surface area contributed by atoms with Crippen LogP contribution in [-0.2, 0) is 24.0 Å². The lowest BCUT2D eigenvalue weighted by molar-refractivity contribution is -0.143. The predicted molar refractivity (Wildman–Crippen MR) is 94.3 cm³/mol. The minimum Gasteiger partial charge on any atom is -0.480 e. The second-order valence-electron chi connectivity index (χ2n) is 6.14. The molecule has 0 aliphatic rings. The summed E-state index contributed by atoms with van der Waals surface area (Å²) in [4.78, 5) is 58.1. The Morgan fingerprint density at radius 3 is 1.89 bits per heavy atom. The van der Waals surface area contributed by atoms with Crippen LogP contribution >= 0.6 is 0 Å². The van der Waals surface area contributed by atoms with Gasteiger partial charge in [-0.05, 0) is 20.3 Å². The highest BCUT2D eigenvalue weighted by molar-refractivity contribution is 5.94. The minimum absolute atomic E-state index is 0.192. The van der Waals surface area contributed by atoms with Gasteiger partial charge in [0, 0.05) is 6.42 Å². The maximum atomic E-state index is 12.4. The molecule has 0 rings (SSSR count). The van der Waals surface area contributed by atoms with Gasteiger partial charge < -0.3 is 42.7 Å². The molecule has 160 valence electrons. The molecule has 28 heavy (non-hydrogen) atoms. The fraction of sp³-hybridized carbons (Fsp3) is 0.667. The van der Waals surface area contributed by atoms with Crippen molar-refractivity contribution in [2.75, 3.05) is 6.61 Å². The van der Waals surface area contributed by atoms with Gasteiger partial charge in [-0.25, -0.2) is 4.79 Å². The molecule has 0 bridgehead atoms. The molecule has 4 amide bonds. The van der Waals surface area contributed by atoms with E-state index in [1.807, 2.05) is 5.32 Å². The summed E-state index contributed by atoms with van der Waals surface area (Å²) < 4.78 is 0. The molecule has 0 aromatic heterocycles. The summed E-state index contributed by atoms with van der Waals surface area (Å²) in [7, 11) is 0. The van der Waals surface area contributed by atoms with Crippen LogP contribution in [0.25, 0.3) is 0 Å². The van der Waals surface area contributed by atoms with Gasteiger partial charge in [-0.2, -0.15) is 0 Å². The van der Waals surface area contributed by atoms with E-state index in [1.165, 1.54) is 13.8 Å². The Kier molecular flexibility index (Phi) is 10.7. The van der Waals surface area contributed by atoms with Gasteiger partial charge >= 0.3 is 5.97 Å². The summed E-state index contributed by atoms with van der Waals surface area (Å²) in [5.41, 5.74) is 10.5. The topological polar surface area (TPSA) is 234 Å². The number of carbonyl (C=O) groups excluding carboxylic acids is 4.